The van der Waals surface area contributed by atoms with Crippen LogP contribution in [0, 0.1) is 0 Å². The maximum atomic E-state index is 10.9. The number of aliphatic hydroxyl groups is 3. The Balaban J connectivity index is 2.30. The Morgan fingerprint density at radius 1 is 1.50 bits per heavy atom. The van der Waals surface area contributed by atoms with Gasteiger partial charge in [-0.3, -0.25) is 9.36 Å². The number of aromatic nitrogens is 2. The summed E-state index contributed by atoms with van der Waals surface area (Å²) >= 11 is 0. The standard InChI is InChI=1S/C9H13N3O6/c10-7(16)4-8(17)12(2-11-4)9-6(15)5(14)3(1-13)18-9/h2-3,5-6,9,13-15,17H,1H2,(H2,10,16)/t3-,5?,6+,9-/m1/s1. The van der Waals surface area contributed by atoms with Gasteiger partial charge in [0.25, 0.3) is 5.91 Å². The molecule has 0 saturated carbocycles. The Kier molecular flexibility index (Phi) is 3.22. The summed E-state index contributed by atoms with van der Waals surface area (Å²) in [4.78, 5) is 14.5. The molecule has 0 bridgehead atoms. The molecule has 9 nitrogen and oxygen atoms in total. The zero-order valence-corrected chi connectivity index (χ0v) is 9.17. The number of hydrogen-bond acceptors (Lipinski definition) is 7. The summed E-state index contributed by atoms with van der Waals surface area (Å²) in [5.74, 6) is -1.50. The van der Waals surface area contributed by atoms with E-state index >= 15 is 0 Å². The second kappa shape index (κ2) is 4.53. The molecule has 1 amide bonds. The molecule has 1 unspecified atom stereocenters. The predicted octanol–water partition coefficient (Wildman–Crippen LogP) is -2.70. The van der Waals surface area contributed by atoms with Gasteiger partial charge in [-0.25, -0.2) is 4.98 Å². The Hall–Kier alpha value is -1.68. The molecule has 0 aliphatic carbocycles. The molecular weight excluding hydrogens is 246 g/mol. The summed E-state index contributed by atoms with van der Waals surface area (Å²) in [6.45, 7) is -0.493. The van der Waals surface area contributed by atoms with Gasteiger partial charge < -0.3 is 30.9 Å². The van der Waals surface area contributed by atoms with Gasteiger partial charge in [0.1, 0.15) is 24.6 Å². The van der Waals surface area contributed by atoms with E-state index in [2.05, 4.69) is 4.98 Å². The number of imidazole rings is 1. The molecule has 2 heterocycles. The number of carbonyl (C=O) groups is 1. The largest absolute Gasteiger partial charge is 0.493 e. The van der Waals surface area contributed by atoms with E-state index in [0.29, 0.717) is 0 Å². The second-order valence-corrected chi connectivity index (χ2v) is 3.92. The zero-order chi connectivity index (χ0) is 13.4. The van der Waals surface area contributed by atoms with Crippen LogP contribution in [-0.4, -0.2) is 60.8 Å². The number of aromatic hydroxyl groups is 1. The number of amides is 1. The molecular formula is C9H13N3O6. The Labute approximate surface area is 101 Å². The fourth-order valence-corrected chi connectivity index (χ4v) is 1.82. The first-order valence-corrected chi connectivity index (χ1v) is 5.15. The van der Waals surface area contributed by atoms with E-state index in [9.17, 15) is 20.1 Å². The fraction of sp³-hybridized carbons (Fsp3) is 0.556. The topological polar surface area (TPSA) is 151 Å². The van der Waals surface area contributed by atoms with Crippen LogP contribution in [0.25, 0.3) is 0 Å². The van der Waals surface area contributed by atoms with Crippen LogP contribution in [0.3, 0.4) is 0 Å². The van der Waals surface area contributed by atoms with Crippen molar-refractivity contribution in [2.24, 2.45) is 5.73 Å². The van der Waals surface area contributed by atoms with Gasteiger partial charge >= 0.3 is 0 Å². The highest BCUT2D eigenvalue weighted by molar-refractivity contribution is 5.92. The first kappa shape index (κ1) is 12.8. The highest BCUT2D eigenvalue weighted by Crippen LogP contribution is 2.32. The average Bonchev–Trinajstić information content (AvgIpc) is 2.82. The van der Waals surface area contributed by atoms with Crippen LogP contribution in [0.2, 0.25) is 0 Å². The minimum absolute atomic E-state index is 0.368. The lowest BCUT2D eigenvalue weighted by Crippen LogP contribution is -2.33. The smallest absolute Gasteiger partial charge is 0.272 e. The van der Waals surface area contributed by atoms with Gasteiger partial charge in [0.15, 0.2) is 11.9 Å². The van der Waals surface area contributed by atoms with Crippen molar-refractivity contribution in [1.29, 1.82) is 0 Å². The number of ether oxygens (including phenoxy) is 1. The quantitative estimate of drug-likeness (QED) is 0.396. The van der Waals surface area contributed by atoms with Crippen LogP contribution >= 0.6 is 0 Å². The van der Waals surface area contributed by atoms with Crippen molar-refractivity contribution in [2.45, 2.75) is 24.5 Å². The molecule has 1 aliphatic rings. The van der Waals surface area contributed by atoms with Gasteiger partial charge in [0.2, 0.25) is 5.88 Å². The molecule has 1 aromatic heterocycles. The molecule has 0 spiro atoms. The van der Waals surface area contributed by atoms with Crippen molar-refractivity contribution in [1.82, 2.24) is 9.55 Å². The molecule has 18 heavy (non-hydrogen) atoms. The summed E-state index contributed by atoms with van der Waals surface area (Å²) in [6.07, 6.45) is -3.76. The first-order valence-electron chi connectivity index (χ1n) is 5.15. The highest BCUT2D eigenvalue weighted by atomic mass is 16.6. The monoisotopic (exact) mass is 259 g/mol. The highest BCUT2D eigenvalue weighted by Gasteiger charge is 2.44. The number of primary amides is 1. The normalized spacial score (nSPS) is 31.7. The van der Waals surface area contributed by atoms with Crippen LogP contribution in [0.1, 0.15) is 16.7 Å². The van der Waals surface area contributed by atoms with Crippen molar-refractivity contribution in [2.75, 3.05) is 6.61 Å². The molecule has 1 fully saturated rings. The molecule has 0 radical (unpaired) electrons. The number of carbonyl (C=O) groups excluding carboxylic acids is 1. The third kappa shape index (κ3) is 1.82. The van der Waals surface area contributed by atoms with Crippen LogP contribution in [0.15, 0.2) is 6.33 Å². The lowest BCUT2D eigenvalue weighted by atomic mass is 10.1. The molecule has 1 aliphatic heterocycles. The predicted molar refractivity (Wildman–Crippen MR) is 55.4 cm³/mol. The fourth-order valence-electron chi connectivity index (χ4n) is 1.82. The van der Waals surface area contributed by atoms with Gasteiger partial charge in [-0.2, -0.15) is 0 Å². The van der Waals surface area contributed by atoms with Crippen LogP contribution in [0.5, 0.6) is 5.88 Å². The maximum Gasteiger partial charge on any atom is 0.272 e. The van der Waals surface area contributed by atoms with Crippen molar-refractivity contribution in [3.05, 3.63) is 12.0 Å². The SMILES string of the molecule is NC(=O)c1ncn([C@@H]2O[C@H](CO)C(O)[C@@H]2O)c1O. The molecule has 1 aromatic rings. The van der Waals surface area contributed by atoms with Crippen molar-refractivity contribution >= 4 is 5.91 Å². The Bertz CT molecular complexity index is 461. The van der Waals surface area contributed by atoms with Gasteiger partial charge in [-0.15, -0.1) is 0 Å². The maximum absolute atomic E-state index is 10.9. The number of nitrogens with zero attached hydrogens (tertiary/aromatic N) is 2. The Morgan fingerprint density at radius 3 is 2.61 bits per heavy atom. The second-order valence-electron chi connectivity index (χ2n) is 3.92. The molecule has 4 atom stereocenters. The molecule has 9 heteroatoms. The van der Waals surface area contributed by atoms with Gasteiger partial charge in [-0.05, 0) is 0 Å². The lowest BCUT2D eigenvalue weighted by Gasteiger charge is -2.16. The molecule has 6 N–H and O–H groups in total. The summed E-state index contributed by atoms with van der Waals surface area (Å²) in [5, 5.41) is 37.9. The molecule has 2 rings (SSSR count). The van der Waals surface area contributed by atoms with Gasteiger partial charge in [0.05, 0.1) is 6.61 Å². The molecule has 1 saturated heterocycles. The van der Waals surface area contributed by atoms with E-state index in [1.807, 2.05) is 0 Å². The van der Waals surface area contributed by atoms with Gasteiger partial charge in [-0.1, -0.05) is 0 Å². The van der Waals surface area contributed by atoms with Crippen LogP contribution in [0.4, 0.5) is 0 Å². The summed E-state index contributed by atoms with van der Waals surface area (Å²) in [7, 11) is 0. The number of hydrogen-bond donors (Lipinski definition) is 5. The van der Waals surface area contributed by atoms with Crippen LogP contribution < -0.4 is 5.73 Å². The number of nitrogens with two attached hydrogens (primary N) is 1. The minimum Gasteiger partial charge on any atom is -0.493 e. The number of aliphatic hydroxyl groups excluding tert-OH is 3. The third-order valence-electron chi connectivity index (χ3n) is 2.79. The van der Waals surface area contributed by atoms with Crippen LogP contribution in [-0.2, 0) is 4.74 Å². The van der Waals surface area contributed by atoms with E-state index < -0.39 is 42.9 Å². The summed E-state index contributed by atoms with van der Waals surface area (Å²) in [6, 6.07) is 0. The van der Waals surface area contributed by atoms with E-state index in [0.717, 1.165) is 10.9 Å². The van der Waals surface area contributed by atoms with E-state index in [-0.39, 0.29) is 5.69 Å². The molecule has 0 aromatic carbocycles. The average molecular weight is 259 g/mol. The first-order chi connectivity index (χ1) is 8.47. The Morgan fingerprint density at radius 2 is 2.17 bits per heavy atom. The van der Waals surface area contributed by atoms with E-state index in [1.165, 1.54) is 0 Å². The van der Waals surface area contributed by atoms with E-state index in [4.69, 9.17) is 15.6 Å². The van der Waals surface area contributed by atoms with Crippen molar-refractivity contribution < 1.29 is 30.0 Å². The summed E-state index contributed by atoms with van der Waals surface area (Å²) < 4.78 is 6.12. The minimum atomic E-state index is -1.37. The van der Waals surface area contributed by atoms with Gasteiger partial charge in [0, 0.05) is 0 Å². The molecule has 100 valence electrons. The summed E-state index contributed by atoms with van der Waals surface area (Å²) in [5.41, 5.74) is 4.61. The van der Waals surface area contributed by atoms with Crippen molar-refractivity contribution in [3.8, 4) is 5.88 Å². The van der Waals surface area contributed by atoms with E-state index in [1.54, 1.807) is 0 Å². The van der Waals surface area contributed by atoms with Crippen molar-refractivity contribution in [3.63, 3.8) is 0 Å². The lowest BCUT2D eigenvalue weighted by molar-refractivity contribution is -0.0553. The number of rotatable bonds is 3. The zero-order valence-electron chi connectivity index (χ0n) is 9.17. The third-order valence-corrected chi connectivity index (χ3v) is 2.79.